The zero-order valence-electron chi connectivity index (χ0n) is 20.6. The molecule has 0 saturated carbocycles. The van der Waals surface area contributed by atoms with Gasteiger partial charge >= 0.3 is 4.87 Å². The van der Waals surface area contributed by atoms with Crippen LogP contribution in [0.3, 0.4) is 0 Å². The predicted molar refractivity (Wildman–Crippen MR) is 145 cm³/mol. The molecule has 0 spiro atoms. The van der Waals surface area contributed by atoms with Crippen molar-refractivity contribution in [1.82, 2.24) is 34.4 Å². The normalized spacial score (nSPS) is 16.9. The number of hydrogen-bond acceptors (Lipinski definition) is 11. The van der Waals surface area contributed by atoms with Crippen LogP contribution in [0, 0.1) is 0 Å². The summed E-state index contributed by atoms with van der Waals surface area (Å²) in [5.41, 5.74) is 8.46. The summed E-state index contributed by atoms with van der Waals surface area (Å²) in [4.78, 5) is 26.7. The van der Waals surface area contributed by atoms with Gasteiger partial charge in [-0.25, -0.2) is 4.98 Å². The average molecular weight is 534 g/mol. The second kappa shape index (κ2) is 9.42. The predicted octanol–water partition coefficient (Wildman–Crippen LogP) is 1.52. The molecule has 2 aliphatic heterocycles. The Kier molecular flexibility index (Phi) is 5.75. The number of anilines is 2. The van der Waals surface area contributed by atoms with Crippen molar-refractivity contribution < 1.29 is 9.15 Å². The molecule has 5 aromatic rings. The van der Waals surface area contributed by atoms with Crippen LogP contribution < -0.4 is 25.6 Å². The van der Waals surface area contributed by atoms with Gasteiger partial charge in [-0.3, -0.25) is 14.3 Å². The first-order valence-electron chi connectivity index (χ1n) is 12.7. The summed E-state index contributed by atoms with van der Waals surface area (Å²) >= 11 is 1.12. The first kappa shape index (κ1) is 23.2. The van der Waals surface area contributed by atoms with Crippen molar-refractivity contribution in [1.29, 1.82) is 0 Å². The van der Waals surface area contributed by atoms with Crippen molar-refractivity contribution in [2.45, 2.75) is 12.6 Å². The number of piperazine rings is 1. The third kappa shape index (κ3) is 4.18. The number of nitrogens with zero attached hydrogens (tertiary/aromatic N) is 7. The van der Waals surface area contributed by atoms with Gasteiger partial charge in [-0.1, -0.05) is 11.3 Å². The van der Waals surface area contributed by atoms with Crippen LogP contribution in [0.25, 0.3) is 27.6 Å². The zero-order chi connectivity index (χ0) is 25.6. The SMILES string of the molecule is Nc1nc2c(sc(=O)n2CCN2CCN(c3ccc(OC4CNC4)cc3)CC2)c2nc(-c3ccco3)nn12. The molecule has 2 saturated heterocycles. The van der Waals surface area contributed by atoms with Crippen LogP contribution in [0.1, 0.15) is 0 Å². The third-order valence-corrected chi connectivity index (χ3v) is 8.08. The highest BCUT2D eigenvalue weighted by atomic mass is 32.1. The van der Waals surface area contributed by atoms with Crippen LogP contribution in [-0.4, -0.2) is 81.0 Å². The highest BCUT2D eigenvalue weighted by Crippen LogP contribution is 2.26. The molecule has 0 amide bonds. The lowest BCUT2D eigenvalue weighted by molar-refractivity contribution is 0.142. The van der Waals surface area contributed by atoms with Crippen molar-refractivity contribution in [3.63, 3.8) is 0 Å². The fraction of sp³-hybridized carbons (Fsp3) is 0.360. The van der Waals surface area contributed by atoms with E-state index < -0.39 is 0 Å². The maximum absolute atomic E-state index is 12.9. The molecule has 38 heavy (non-hydrogen) atoms. The molecule has 2 aliphatic rings. The van der Waals surface area contributed by atoms with Gasteiger partial charge in [0, 0.05) is 58.0 Å². The molecule has 4 aromatic heterocycles. The van der Waals surface area contributed by atoms with E-state index in [2.05, 4.69) is 54.4 Å². The number of aromatic nitrogens is 5. The Morgan fingerprint density at radius 1 is 1.05 bits per heavy atom. The van der Waals surface area contributed by atoms with E-state index in [1.54, 1.807) is 23.0 Å². The summed E-state index contributed by atoms with van der Waals surface area (Å²) in [7, 11) is 0. The van der Waals surface area contributed by atoms with E-state index >= 15 is 0 Å². The second-order valence-electron chi connectivity index (χ2n) is 9.51. The van der Waals surface area contributed by atoms with Gasteiger partial charge in [-0.15, -0.1) is 5.10 Å². The number of nitrogen functional groups attached to an aromatic ring is 1. The Labute approximate surface area is 221 Å². The monoisotopic (exact) mass is 533 g/mol. The van der Waals surface area contributed by atoms with Crippen molar-refractivity contribution >= 4 is 39.0 Å². The van der Waals surface area contributed by atoms with Gasteiger partial charge in [0.25, 0.3) is 0 Å². The lowest BCUT2D eigenvalue weighted by Crippen LogP contribution is -2.50. The average Bonchev–Trinajstić information content (AvgIpc) is 3.65. The van der Waals surface area contributed by atoms with Gasteiger partial charge in [0.05, 0.1) is 6.26 Å². The number of furan rings is 1. The molecule has 0 aliphatic carbocycles. The fourth-order valence-electron chi connectivity index (χ4n) is 4.88. The molecule has 0 bridgehead atoms. The van der Waals surface area contributed by atoms with Crippen LogP contribution in [0.2, 0.25) is 0 Å². The first-order chi connectivity index (χ1) is 18.6. The number of benzene rings is 1. The topological polar surface area (TPSA) is 132 Å². The maximum atomic E-state index is 12.9. The molecule has 12 nitrogen and oxygen atoms in total. The summed E-state index contributed by atoms with van der Waals surface area (Å²) in [6, 6.07) is 11.9. The standard InChI is InChI=1S/C25H27N9O3S/c26-24-29-22-20(23-28-21(30-34(23)24)19-2-1-13-36-19)38-25(35)33(22)12-9-31-7-10-32(11-8-31)16-3-5-17(6-4-16)37-18-14-27-15-18/h1-6,13,18,27H,7-12,14-15H2,(H2,26,29). The quantitative estimate of drug-likeness (QED) is 0.317. The maximum Gasteiger partial charge on any atom is 0.309 e. The summed E-state index contributed by atoms with van der Waals surface area (Å²) in [6.07, 6.45) is 1.84. The zero-order valence-corrected chi connectivity index (χ0v) is 21.4. The Morgan fingerprint density at radius 3 is 2.58 bits per heavy atom. The Hall–Kier alpha value is -3.94. The number of hydrogen-bond donors (Lipinski definition) is 2. The van der Waals surface area contributed by atoms with Gasteiger partial charge in [-0.2, -0.15) is 9.50 Å². The Morgan fingerprint density at radius 2 is 1.87 bits per heavy atom. The van der Waals surface area contributed by atoms with Gasteiger partial charge in [0.1, 0.15) is 16.6 Å². The molecule has 196 valence electrons. The van der Waals surface area contributed by atoms with E-state index in [-0.39, 0.29) is 16.9 Å². The molecule has 3 N–H and O–H groups in total. The smallest absolute Gasteiger partial charge is 0.309 e. The summed E-state index contributed by atoms with van der Waals surface area (Å²) in [5, 5.41) is 7.64. The number of nitrogens with two attached hydrogens (primary N) is 1. The van der Waals surface area contributed by atoms with Crippen molar-refractivity contribution in [2.75, 3.05) is 56.4 Å². The van der Waals surface area contributed by atoms with E-state index in [1.165, 1.54) is 10.2 Å². The van der Waals surface area contributed by atoms with Crippen LogP contribution >= 0.6 is 11.3 Å². The second-order valence-corrected chi connectivity index (χ2v) is 10.5. The number of nitrogens with one attached hydrogen (secondary N) is 1. The van der Waals surface area contributed by atoms with E-state index in [4.69, 9.17) is 14.9 Å². The minimum Gasteiger partial charge on any atom is -0.488 e. The van der Waals surface area contributed by atoms with Gasteiger partial charge in [0.15, 0.2) is 17.1 Å². The molecule has 0 unspecified atom stereocenters. The van der Waals surface area contributed by atoms with Crippen molar-refractivity contribution in [2.24, 2.45) is 0 Å². The molecule has 13 heteroatoms. The number of thiazole rings is 1. The summed E-state index contributed by atoms with van der Waals surface area (Å²) in [5.74, 6) is 2.03. The molecular weight excluding hydrogens is 506 g/mol. The van der Waals surface area contributed by atoms with Crippen LogP contribution in [0.5, 0.6) is 5.75 Å². The van der Waals surface area contributed by atoms with E-state index in [1.807, 2.05) is 0 Å². The summed E-state index contributed by atoms with van der Waals surface area (Å²) in [6.45, 7) is 6.79. The minimum atomic E-state index is -0.0822. The number of rotatable bonds is 7. The van der Waals surface area contributed by atoms with Crippen LogP contribution in [0.15, 0.2) is 51.9 Å². The van der Waals surface area contributed by atoms with Gasteiger partial charge in [0.2, 0.25) is 11.8 Å². The molecule has 0 atom stereocenters. The molecule has 0 radical (unpaired) electrons. The Bertz CT molecular complexity index is 1630. The van der Waals surface area contributed by atoms with Crippen molar-refractivity contribution in [3.05, 3.63) is 52.3 Å². The summed E-state index contributed by atoms with van der Waals surface area (Å²) < 4.78 is 15.2. The minimum absolute atomic E-state index is 0.0822. The third-order valence-electron chi connectivity index (χ3n) is 7.12. The first-order valence-corrected chi connectivity index (χ1v) is 13.5. The van der Waals surface area contributed by atoms with Gasteiger partial charge < -0.3 is 25.1 Å². The molecule has 2 fully saturated rings. The lowest BCUT2D eigenvalue weighted by atomic mass is 10.2. The van der Waals surface area contributed by atoms with E-state index in [0.29, 0.717) is 34.1 Å². The van der Waals surface area contributed by atoms with Crippen molar-refractivity contribution in [3.8, 4) is 17.3 Å². The van der Waals surface area contributed by atoms with E-state index in [9.17, 15) is 4.79 Å². The molecular formula is C25H27N9O3S. The van der Waals surface area contributed by atoms with Gasteiger partial charge in [-0.05, 0) is 36.4 Å². The number of fused-ring (bicyclic) bond motifs is 3. The largest absolute Gasteiger partial charge is 0.488 e. The fourth-order valence-corrected chi connectivity index (χ4v) is 5.81. The highest BCUT2D eigenvalue weighted by molar-refractivity contribution is 7.17. The highest BCUT2D eigenvalue weighted by Gasteiger charge is 2.22. The van der Waals surface area contributed by atoms with E-state index in [0.717, 1.165) is 62.9 Å². The van der Waals surface area contributed by atoms with Crippen LogP contribution in [0.4, 0.5) is 11.6 Å². The molecule has 6 heterocycles. The number of ether oxygens (including phenoxy) is 1. The Balaban J connectivity index is 1.02. The lowest BCUT2D eigenvalue weighted by Gasteiger charge is -2.36. The molecule has 7 rings (SSSR count). The molecule has 1 aromatic carbocycles. The van der Waals surface area contributed by atoms with Crippen LogP contribution in [-0.2, 0) is 6.54 Å².